The number of piperidine rings is 1. The molecule has 0 aliphatic carbocycles. The molecule has 2 fully saturated rings. The van der Waals surface area contributed by atoms with Gasteiger partial charge in [0, 0.05) is 38.1 Å². The van der Waals surface area contributed by atoms with E-state index in [-0.39, 0.29) is 23.6 Å². The van der Waals surface area contributed by atoms with Crippen LogP contribution in [0.4, 0.5) is 9.18 Å². The van der Waals surface area contributed by atoms with Gasteiger partial charge in [0.05, 0.1) is 17.6 Å². The topological polar surface area (TPSA) is 65.3 Å². The van der Waals surface area contributed by atoms with Crippen LogP contribution in [0.5, 0.6) is 5.75 Å². The number of benzene rings is 2. The molecule has 35 heavy (non-hydrogen) atoms. The highest BCUT2D eigenvalue weighted by Crippen LogP contribution is 2.41. The number of rotatable bonds is 7. The van der Waals surface area contributed by atoms with E-state index in [0.29, 0.717) is 34.5 Å². The fourth-order valence-corrected chi connectivity index (χ4v) is 6.23. The molecule has 1 amide bonds. The number of amides is 1. The second-order valence-corrected chi connectivity index (χ2v) is 10.1. The van der Waals surface area contributed by atoms with Gasteiger partial charge in [-0.05, 0) is 56.7 Å². The minimum absolute atomic E-state index is 0.0561. The summed E-state index contributed by atoms with van der Waals surface area (Å²) in [6.07, 6.45) is 6.20. The van der Waals surface area contributed by atoms with Gasteiger partial charge < -0.3 is 4.74 Å². The Labute approximate surface area is 204 Å². The molecule has 3 heterocycles. The number of ether oxygens (including phenoxy) is 1. The molecular weight excluding hydrogens is 447 g/mol. The second kappa shape index (κ2) is 9.49. The maximum absolute atomic E-state index is 13.7. The largest absolute Gasteiger partial charge is 0.493 e. The number of carbonyl (C=O) groups is 1. The van der Waals surface area contributed by atoms with E-state index in [1.807, 2.05) is 38.1 Å². The van der Waals surface area contributed by atoms with Gasteiger partial charge in [-0.2, -0.15) is 5.43 Å². The fourth-order valence-electron chi connectivity index (χ4n) is 6.23. The lowest BCUT2D eigenvalue weighted by Gasteiger charge is -2.46. The Morgan fingerprint density at radius 3 is 2.37 bits per heavy atom. The Morgan fingerprint density at radius 2 is 1.71 bits per heavy atom. The van der Waals surface area contributed by atoms with Crippen LogP contribution in [0.3, 0.4) is 0 Å². The third kappa shape index (κ3) is 4.24. The van der Waals surface area contributed by atoms with Crippen LogP contribution in [0.25, 0.3) is 11.0 Å². The van der Waals surface area contributed by atoms with E-state index in [1.54, 1.807) is 16.7 Å². The van der Waals surface area contributed by atoms with Crippen molar-refractivity contribution in [2.24, 2.45) is 0 Å². The number of imidazole rings is 1. The van der Waals surface area contributed by atoms with Crippen LogP contribution in [-0.4, -0.2) is 45.0 Å². The molecule has 0 saturated carbocycles. The molecule has 2 atom stereocenters. The van der Waals surface area contributed by atoms with Gasteiger partial charge in [-0.15, -0.1) is 0 Å². The van der Waals surface area contributed by atoms with Gasteiger partial charge in [-0.3, -0.25) is 4.57 Å². The molecule has 5 rings (SSSR count). The first-order valence-electron chi connectivity index (χ1n) is 12.7. The molecule has 1 aromatic heterocycles. The average Bonchev–Trinajstić information content (AvgIpc) is 3.18. The minimum atomic E-state index is -0.358. The van der Waals surface area contributed by atoms with Crippen LogP contribution in [0.2, 0.25) is 0 Å². The van der Waals surface area contributed by atoms with Gasteiger partial charge in [0.2, 0.25) is 0 Å². The zero-order chi connectivity index (χ0) is 24.6. The molecule has 2 aliphatic rings. The van der Waals surface area contributed by atoms with E-state index >= 15 is 0 Å². The number of aromatic nitrogens is 2. The molecule has 8 heteroatoms. The summed E-state index contributed by atoms with van der Waals surface area (Å²) in [7, 11) is 0. The lowest BCUT2D eigenvalue weighted by molar-refractivity contribution is -0.997. The van der Waals surface area contributed by atoms with Gasteiger partial charge in [-0.1, -0.05) is 12.1 Å². The van der Waals surface area contributed by atoms with Crippen molar-refractivity contribution in [1.82, 2.24) is 14.6 Å². The van der Waals surface area contributed by atoms with Gasteiger partial charge in [0.25, 0.3) is 0 Å². The summed E-state index contributed by atoms with van der Waals surface area (Å²) in [6.45, 7) is 5.12. The number of hydrogen-bond donors (Lipinski definition) is 1. The number of para-hydroxylation sites is 2. The summed E-state index contributed by atoms with van der Waals surface area (Å²) in [5, 5.41) is 0. The highest BCUT2D eigenvalue weighted by Gasteiger charge is 2.53. The number of fused-ring (bicyclic) bond motifs is 3. The normalized spacial score (nSPS) is 23.7. The maximum Gasteiger partial charge on any atom is 0.374 e. The van der Waals surface area contributed by atoms with Gasteiger partial charge >= 0.3 is 11.7 Å². The predicted molar refractivity (Wildman–Crippen MR) is 133 cm³/mol. The number of nitrogens with one attached hydrogen (secondary N) is 1. The van der Waals surface area contributed by atoms with E-state index in [9.17, 15) is 14.0 Å². The van der Waals surface area contributed by atoms with Crippen LogP contribution in [0.15, 0.2) is 53.3 Å². The van der Waals surface area contributed by atoms with Crippen molar-refractivity contribution in [2.75, 3.05) is 13.2 Å². The highest BCUT2D eigenvalue weighted by molar-refractivity contribution is 5.89. The minimum Gasteiger partial charge on any atom is -0.493 e. The number of quaternary nitrogens is 1. The van der Waals surface area contributed by atoms with Crippen LogP contribution in [-0.2, 0) is 0 Å². The first-order valence-corrected chi connectivity index (χ1v) is 12.7. The quantitative estimate of drug-likeness (QED) is 0.382. The summed E-state index contributed by atoms with van der Waals surface area (Å²) >= 11 is 0. The fraction of sp³-hybridized carbons (Fsp3) is 0.481. The van der Waals surface area contributed by atoms with Crippen LogP contribution in [0, 0.1) is 5.82 Å². The summed E-state index contributed by atoms with van der Waals surface area (Å²) in [4.78, 5) is 27.1. The monoisotopic (exact) mass is 481 g/mol. The SMILES string of the molecule is CC(C)n1c(=O)n(C(=O)N[N+]2(CCCOc3ccc(F)cc3)C3CCCC2CC3)c2ccccc21. The molecule has 0 radical (unpaired) electrons. The van der Waals surface area contributed by atoms with E-state index in [0.717, 1.165) is 44.2 Å². The van der Waals surface area contributed by atoms with Crippen molar-refractivity contribution in [2.45, 2.75) is 70.5 Å². The molecule has 2 bridgehead atoms. The van der Waals surface area contributed by atoms with Crippen molar-refractivity contribution in [1.29, 1.82) is 0 Å². The smallest absolute Gasteiger partial charge is 0.374 e. The third-order valence-corrected chi connectivity index (χ3v) is 7.77. The zero-order valence-corrected chi connectivity index (χ0v) is 20.5. The lowest BCUT2D eigenvalue weighted by Crippen LogP contribution is -2.69. The predicted octanol–water partition coefficient (Wildman–Crippen LogP) is 5.00. The Hall–Kier alpha value is -3.13. The third-order valence-electron chi connectivity index (χ3n) is 7.77. The van der Waals surface area contributed by atoms with Crippen molar-refractivity contribution in [3.05, 3.63) is 64.8 Å². The molecule has 2 unspecified atom stereocenters. The van der Waals surface area contributed by atoms with E-state index < -0.39 is 0 Å². The molecule has 186 valence electrons. The van der Waals surface area contributed by atoms with Crippen LogP contribution < -0.4 is 15.9 Å². The van der Waals surface area contributed by atoms with Crippen LogP contribution >= 0.6 is 0 Å². The van der Waals surface area contributed by atoms with Crippen molar-refractivity contribution in [3.63, 3.8) is 0 Å². The molecule has 2 saturated heterocycles. The summed E-state index contributed by atoms with van der Waals surface area (Å²) in [5.74, 6) is 0.347. The maximum atomic E-state index is 13.7. The second-order valence-electron chi connectivity index (χ2n) is 10.1. The van der Waals surface area contributed by atoms with Crippen molar-refractivity contribution < 1.29 is 18.5 Å². The highest BCUT2D eigenvalue weighted by atomic mass is 19.1. The number of carbonyl (C=O) groups excluding carboxylic acids is 1. The number of hydrogen-bond acceptors (Lipinski definition) is 3. The van der Waals surface area contributed by atoms with Gasteiger partial charge in [-0.25, -0.2) is 23.1 Å². The Morgan fingerprint density at radius 1 is 1.06 bits per heavy atom. The lowest BCUT2D eigenvalue weighted by atomic mass is 10.0. The van der Waals surface area contributed by atoms with Gasteiger partial charge in [0.15, 0.2) is 0 Å². The molecule has 2 aliphatic heterocycles. The van der Waals surface area contributed by atoms with Crippen molar-refractivity contribution >= 4 is 17.1 Å². The molecule has 0 spiro atoms. The van der Waals surface area contributed by atoms with E-state index in [1.165, 1.54) is 23.1 Å². The molecular formula is C27H34FN4O3+. The Kier molecular flexibility index (Phi) is 6.40. The first kappa shape index (κ1) is 23.6. The molecule has 3 aromatic rings. The summed E-state index contributed by atoms with van der Waals surface area (Å²) in [6, 6.07) is 13.8. The first-order chi connectivity index (χ1) is 16.9. The number of halogens is 1. The zero-order valence-electron chi connectivity index (χ0n) is 20.5. The molecule has 1 N–H and O–H groups in total. The average molecular weight is 482 g/mol. The Bertz CT molecular complexity index is 1250. The van der Waals surface area contributed by atoms with E-state index in [2.05, 4.69) is 5.43 Å². The van der Waals surface area contributed by atoms with Crippen molar-refractivity contribution in [3.8, 4) is 5.75 Å². The summed E-state index contributed by atoms with van der Waals surface area (Å²) < 4.78 is 22.5. The van der Waals surface area contributed by atoms with E-state index in [4.69, 9.17) is 4.74 Å². The van der Waals surface area contributed by atoms with Crippen LogP contribution in [0.1, 0.15) is 58.4 Å². The summed E-state index contributed by atoms with van der Waals surface area (Å²) in [5.41, 5.74) is 4.44. The standard InChI is InChI=1S/C27H33FN4O3/c1-19(2)30-24-9-3-4-10-25(24)31(27(30)34)26(33)29-32(21-7-5-8-22(32)14-13-21)17-6-18-35-23-15-11-20(28)12-16-23/h3-4,9-12,15-16,19,21-22H,5-8,13-14,17-18H2,1-2H3/p+1. The molecule has 7 nitrogen and oxygen atoms in total. The Balaban J connectivity index is 1.39. The van der Waals surface area contributed by atoms with Gasteiger partial charge in [0.1, 0.15) is 30.2 Å². The number of nitrogens with zero attached hydrogens (tertiary/aromatic N) is 3. The molecule has 2 aromatic carbocycles.